The zero-order valence-corrected chi connectivity index (χ0v) is 21.2. The first-order valence-electron chi connectivity index (χ1n) is 10.6. The van der Waals surface area contributed by atoms with Crippen LogP contribution in [0.5, 0.6) is 0 Å². The van der Waals surface area contributed by atoms with Crippen molar-refractivity contribution >= 4 is 63.3 Å². The molecular weight excluding hydrogens is 511 g/mol. The number of halogens is 3. The fourth-order valence-electron chi connectivity index (χ4n) is 4.59. The number of para-hydroxylation sites is 2. The maximum absolute atomic E-state index is 12.8. The third kappa shape index (κ3) is 4.46. The van der Waals surface area contributed by atoms with Crippen molar-refractivity contribution in [2.45, 2.75) is 32.7 Å². The molecule has 1 aliphatic heterocycles. The highest BCUT2D eigenvalue weighted by molar-refractivity contribution is 9.10. The summed E-state index contributed by atoms with van der Waals surface area (Å²) in [5.41, 5.74) is 4.52. The average Bonchev–Trinajstić information content (AvgIpc) is 3.29. The number of aromatic nitrogens is 3. The second kappa shape index (κ2) is 10.4. The summed E-state index contributed by atoms with van der Waals surface area (Å²) in [6, 6.07) is 16.3. The van der Waals surface area contributed by atoms with Crippen LogP contribution in [0, 0.1) is 0 Å². The van der Waals surface area contributed by atoms with Gasteiger partial charge in [-0.3, -0.25) is 9.20 Å². The lowest BCUT2D eigenvalue weighted by Crippen LogP contribution is -2.32. The van der Waals surface area contributed by atoms with E-state index in [9.17, 15) is 4.79 Å². The third-order valence-corrected chi connectivity index (χ3v) is 6.58. The normalized spacial score (nSPS) is 14.3. The van der Waals surface area contributed by atoms with Gasteiger partial charge in [0.15, 0.2) is 5.78 Å². The second-order valence-corrected chi connectivity index (χ2v) is 8.97. The van der Waals surface area contributed by atoms with Gasteiger partial charge < -0.3 is 9.47 Å². The number of carbonyl (C=O) groups is 1. The molecule has 1 saturated heterocycles. The summed E-state index contributed by atoms with van der Waals surface area (Å²) in [5, 5.41) is 0. The van der Waals surface area contributed by atoms with Crippen molar-refractivity contribution in [2.24, 2.45) is 0 Å². The Morgan fingerprint density at radius 1 is 0.938 bits per heavy atom. The number of Topliss-reactive ketones (excluding diaryl/α,β-unsaturated/α-hetero) is 1. The summed E-state index contributed by atoms with van der Waals surface area (Å²) in [5.74, 6) is 0.871. The van der Waals surface area contributed by atoms with Crippen LogP contribution in [0.15, 0.2) is 53.0 Å². The Bertz CT molecular complexity index is 1230. The molecule has 0 aliphatic carbocycles. The van der Waals surface area contributed by atoms with Gasteiger partial charge in [0.05, 0.1) is 11.0 Å². The molecule has 0 saturated carbocycles. The molecule has 3 heterocycles. The fraction of sp³-hybridized carbons (Fsp3) is 0.333. The number of rotatable bonds is 5. The van der Waals surface area contributed by atoms with Crippen molar-refractivity contribution in [3.05, 3.63) is 58.7 Å². The number of hydrogen-bond donors (Lipinski definition) is 0. The predicted molar refractivity (Wildman–Crippen MR) is 139 cm³/mol. The minimum absolute atomic E-state index is 0. The van der Waals surface area contributed by atoms with Gasteiger partial charge in [0.25, 0.3) is 0 Å². The van der Waals surface area contributed by atoms with Gasteiger partial charge in [0, 0.05) is 30.0 Å². The zero-order chi connectivity index (χ0) is 20.7. The number of imidazole rings is 2. The van der Waals surface area contributed by atoms with E-state index in [4.69, 9.17) is 4.98 Å². The molecule has 5 nitrogen and oxygen atoms in total. The Kier molecular flexibility index (Phi) is 8.04. The van der Waals surface area contributed by atoms with Crippen LogP contribution in [0.2, 0.25) is 0 Å². The lowest BCUT2D eigenvalue weighted by molar-refractivity contribution is 0.101. The van der Waals surface area contributed by atoms with Crippen LogP contribution < -0.4 is 0 Å². The molecule has 2 aromatic carbocycles. The number of benzene rings is 2. The van der Waals surface area contributed by atoms with Crippen LogP contribution in [0.4, 0.5) is 0 Å². The average molecular weight is 538 g/mol. The van der Waals surface area contributed by atoms with Crippen molar-refractivity contribution in [2.75, 3.05) is 19.6 Å². The molecule has 2 aromatic heterocycles. The van der Waals surface area contributed by atoms with E-state index in [1.165, 1.54) is 32.4 Å². The summed E-state index contributed by atoms with van der Waals surface area (Å²) < 4.78 is 5.33. The molecular formula is C24H27BrCl2N4O. The summed E-state index contributed by atoms with van der Waals surface area (Å²) >= 11 is 3.49. The van der Waals surface area contributed by atoms with Gasteiger partial charge in [-0.05, 0) is 50.2 Å². The van der Waals surface area contributed by atoms with E-state index in [2.05, 4.69) is 43.6 Å². The first-order valence-corrected chi connectivity index (χ1v) is 11.4. The molecule has 1 aliphatic rings. The van der Waals surface area contributed by atoms with E-state index in [0.717, 1.165) is 45.6 Å². The van der Waals surface area contributed by atoms with Gasteiger partial charge in [-0.25, -0.2) is 4.98 Å². The lowest BCUT2D eigenvalue weighted by Gasteiger charge is -2.26. The molecule has 170 valence electrons. The largest absolute Gasteiger partial charge is 0.308 e. The molecule has 1 fully saturated rings. The summed E-state index contributed by atoms with van der Waals surface area (Å²) in [7, 11) is 0. The number of hydrogen-bond acceptors (Lipinski definition) is 3. The molecule has 0 unspecified atom stereocenters. The van der Waals surface area contributed by atoms with Crippen molar-refractivity contribution in [1.82, 2.24) is 18.9 Å². The molecule has 32 heavy (non-hydrogen) atoms. The lowest BCUT2D eigenvalue weighted by atomic mass is 10.1. The van der Waals surface area contributed by atoms with Gasteiger partial charge in [-0.1, -0.05) is 46.6 Å². The van der Waals surface area contributed by atoms with Crippen LogP contribution in [0.3, 0.4) is 0 Å². The van der Waals surface area contributed by atoms with E-state index in [0.29, 0.717) is 5.69 Å². The van der Waals surface area contributed by atoms with E-state index >= 15 is 0 Å². The highest BCUT2D eigenvalue weighted by Gasteiger charge is 2.24. The molecule has 0 radical (unpaired) electrons. The molecule has 0 amide bonds. The Labute approximate surface area is 208 Å². The van der Waals surface area contributed by atoms with Gasteiger partial charge >= 0.3 is 0 Å². The van der Waals surface area contributed by atoms with E-state index in [1.807, 2.05) is 34.7 Å². The van der Waals surface area contributed by atoms with Crippen molar-refractivity contribution in [3.8, 4) is 11.3 Å². The summed E-state index contributed by atoms with van der Waals surface area (Å²) in [6.07, 6.45) is 3.91. The molecule has 0 spiro atoms. The minimum atomic E-state index is 0. The fourth-order valence-corrected chi connectivity index (χ4v) is 4.85. The number of fused-ring (bicyclic) bond motifs is 3. The zero-order valence-electron chi connectivity index (χ0n) is 18.0. The van der Waals surface area contributed by atoms with Crippen molar-refractivity contribution < 1.29 is 4.79 Å². The maximum Gasteiger partial charge on any atom is 0.216 e. The molecule has 0 atom stereocenters. The smallest absolute Gasteiger partial charge is 0.216 e. The Morgan fingerprint density at radius 3 is 2.25 bits per heavy atom. The first-order chi connectivity index (χ1) is 14.6. The predicted octanol–water partition coefficient (Wildman–Crippen LogP) is 6.25. The van der Waals surface area contributed by atoms with E-state index < -0.39 is 0 Å². The molecule has 0 bridgehead atoms. The SMILES string of the molecule is CC(=O)c1c(-c2ccc(Br)cc2)nc2n(CCN3CCCCC3)c3ccccc3n12.Cl.Cl. The quantitative estimate of drug-likeness (QED) is 0.282. The summed E-state index contributed by atoms with van der Waals surface area (Å²) in [4.78, 5) is 20.3. The number of nitrogens with zero attached hydrogens (tertiary/aromatic N) is 4. The molecule has 0 N–H and O–H groups in total. The minimum Gasteiger partial charge on any atom is -0.308 e. The maximum atomic E-state index is 12.8. The van der Waals surface area contributed by atoms with Crippen LogP contribution in [-0.2, 0) is 6.54 Å². The van der Waals surface area contributed by atoms with E-state index in [-0.39, 0.29) is 30.6 Å². The summed E-state index contributed by atoms with van der Waals surface area (Å²) in [6.45, 7) is 5.85. The highest BCUT2D eigenvalue weighted by Crippen LogP contribution is 2.31. The van der Waals surface area contributed by atoms with Gasteiger partial charge in [0.1, 0.15) is 11.4 Å². The highest BCUT2D eigenvalue weighted by atomic mass is 79.9. The number of piperidine rings is 1. The van der Waals surface area contributed by atoms with Crippen LogP contribution in [-0.4, -0.2) is 44.3 Å². The van der Waals surface area contributed by atoms with Crippen LogP contribution in [0.25, 0.3) is 28.1 Å². The van der Waals surface area contributed by atoms with E-state index in [1.54, 1.807) is 6.92 Å². The molecule has 5 rings (SSSR count). The van der Waals surface area contributed by atoms with Gasteiger partial charge in [-0.2, -0.15) is 0 Å². The number of likely N-dealkylation sites (tertiary alicyclic amines) is 1. The third-order valence-electron chi connectivity index (χ3n) is 6.05. The standard InChI is InChI=1S/C24H25BrN4O.2ClH/c1-17(30)23-22(18-9-11-19(25)12-10-18)26-24-28(16-15-27-13-5-2-6-14-27)20-7-3-4-8-21(20)29(23)24;;/h3-4,7-12H,2,5-6,13-16H2,1H3;2*1H. The first kappa shape index (κ1) is 24.8. The molecule has 8 heteroatoms. The van der Waals surface area contributed by atoms with Gasteiger partial charge in [0.2, 0.25) is 5.78 Å². The van der Waals surface area contributed by atoms with Gasteiger partial charge in [-0.15, -0.1) is 24.8 Å². The van der Waals surface area contributed by atoms with Crippen molar-refractivity contribution in [3.63, 3.8) is 0 Å². The second-order valence-electron chi connectivity index (χ2n) is 8.05. The Morgan fingerprint density at radius 2 is 1.59 bits per heavy atom. The number of ketones is 1. The number of carbonyl (C=O) groups excluding carboxylic acids is 1. The van der Waals surface area contributed by atoms with Crippen molar-refractivity contribution in [1.29, 1.82) is 0 Å². The Hall–Kier alpha value is -1.86. The van der Waals surface area contributed by atoms with Crippen LogP contribution >= 0.6 is 40.7 Å². The monoisotopic (exact) mass is 536 g/mol. The molecule has 4 aromatic rings. The Balaban J connectivity index is 0.00000144. The van der Waals surface area contributed by atoms with Crippen LogP contribution in [0.1, 0.15) is 36.7 Å². The topological polar surface area (TPSA) is 42.5 Å².